The van der Waals surface area contributed by atoms with Crippen molar-refractivity contribution in [1.82, 2.24) is 0 Å². The van der Waals surface area contributed by atoms with Crippen LogP contribution in [-0.4, -0.2) is 0 Å². The number of allylic oxidation sites excluding steroid dienone is 4. The van der Waals surface area contributed by atoms with E-state index in [9.17, 15) is 0 Å². The van der Waals surface area contributed by atoms with E-state index in [0.29, 0.717) is 0 Å². The van der Waals surface area contributed by atoms with Gasteiger partial charge < -0.3 is 9.47 Å². The maximum absolute atomic E-state index is 6.22. The standard InChI is InChI=1S/C28H26O2/c1-27(2)15-14-22(18-28(27,3)4)21-11-13-24-26(17-21)30-23-12-10-20(16-25(23)29-24)19-8-6-5-7-9-19/h5-18H,1-4H3. The fourth-order valence-corrected chi connectivity index (χ4v) is 3.89. The summed E-state index contributed by atoms with van der Waals surface area (Å²) in [6.45, 7) is 9.13. The molecule has 2 nitrogen and oxygen atoms in total. The van der Waals surface area contributed by atoms with Crippen molar-refractivity contribution in [2.75, 3.05) is 0 Å². The number of hydrogen-bond acceptors (Lipinski definition) is 2. The van der Waals surface area contributed by atoms with Crippen LogP contribution in [0, 0.1) is 10.8 Å². The lowest BCUT2D eigenvalue weighted by atomic mass is 9.64. The summed E-state index contributed by atoms with van der Waals surface area (Å²) in [6, 6.07) is 22.6. The van der Waals surface area contributed by atoms with Crippen LogP contribution in [0.4, 0.5) is 0 Å². The van der Waals surface area contributed by atoms with Gasteiger partial charge in [0.25, 0.3) is 0 Å². The summed E-state index contributed by atoms with van der Waals surface area (Å²) in [6.07, 6.45) is 6.88. The highest BCUT2D eigenvalue weighted by Gasteiger charge is 2.35. The monoisotopic (exact) mass is 394 g/mol. The number of benzene rings is 3. The fraction of sp³-hybridized carbons (Fsp3) is 0.214. The summed E-state index contributed by atoms with van der Waals surface area (Å²) >= 11 is 0. The molecule has 0 N–H and O–H groups in total. The van der Waals surface area contributed by atoms with E-state index in [1.165, 1.54) is 5.57 Å². The van der Waals surface area contributed by atoms with E-state index in [1.54, 1.807) is 0 Å². The predicted octanol–water partition coefficient (Wildman–Crippen LogP) is 8.26. The van der Waals surface area contributed by atoms with Crippen molar-refractivity contribution in [3.63, 3.8) is 0 Å². The first-order valence-electron chi connectivity index (χ1n) is 10.4. The number of ether oxygens (including phenoxy) is 2. The molecule has 1 heterocycles. The largest absolute Gasteiger partial charge is 0.449 e. The van der Waals surface area contributed by atoms with E-state index in [1.807, 2.05) is 36.4 Å². The Morgan fingerprint density at radius 3 is 1.80 bits per heavy atom. The van der Waals surface area contributed by atoms with Gasteiger partial charge in [-0.05, 0) is 57.4 Å². The SMILES string of the molecule is CC1(C)C=CC(c2ccc3c(c2)Oc2ccc(-c4ccccc4)cc2O3)=CC1(C)C. The van der Waals surface area contributed by atoms with Gasteiger partial charge >= 0.3 is 0 Å². The van der Waals surface area contributed by atoms with Crippen molar-refractivity contribution in [1.29, 1.82) is 0 Å². The maximum Gasteiger partial charge on any atom is 0.170 e. The molecule has 0 amide bonds. The molecule has 3 aromatic carbocycles. The second kappa shape index (κ2) is 6.63. The zero-order chi connectivity index (χ0) is 20.9. The summed E-state index contributed by atoms with van der Waals surface area (Å²) in [7, 11) is 0. The zero-order valence-corrected chi connectivity index (χ0v) is 17.9. The van der Waals surface area contributed by atoms with Crippen LogP contribution in [0.2, 0.25) is 0 Å². The predicted molar refractivity (Wildman–Crippen MR) is 123 cm³/mol. The molecule has 0 aromatic heterocycles. The van der Waals surface area contributed by atoms with Gasteiger partial charge in [0.2, 0.25) is 0 Å². The van der Waals surface area contributed by atoms with Crippen LogP contribution in [-0.2, 0) is 0 Å². The Morgan fingerprint density at radius 1 is 0.567 bits per heavy atom. The van der Waals surface area contributed by atoms with Gasteiger partial charge in [-0.25, -0.2) is 0 Å². The van der Waals surface area contributed by atoms with Crippen molar-refractivity contribution < 1.29 is 9.47 Å². The minimum absolute atomic E-state index is 0.0742. The molecule has 30 heavy (non-hydrogen) atoms. The van der Waals surface area contributed by atoms with Gasteiger partial charge in [0.1, 0.15) is 0 Å². The summed E-state index contributed by atoms with van der Waals surface area (Å²) in [4.78, 5) is 0. The third-order valence-electron chi connectivity index (χ3n) is 6.62. The Kier molecular flexibility index (Phi) is 4.14. The van der Waals surface area contributed by atoms with E-state index < -0.39 is 0 Å². The smallest absolute Gasteiger partial charge is 0.170 e. The number of rotatable bonds is 2. The Labute approximate surface area is 178 Å². The minimum Gasteiger partial charge on any atom is -0.449 e. The Morgan fingerprint density at radius 2 is 1.17 bits per heavy atom. The van der Waals surface area contributed by atoms with Crippen LogP contribution < -0.4 is 9.47 Å². The molecular formula is C28H26O2. The molecule has 5 rings (SSSR count). The second-order valence-corrected chi connectivity index (χ2v) is 9.27. The second-order valence-electron chi connectivity index (χ2n) is 9.27. The van der Waals surface area contributed by atoms with Gasteiger partial charge in [0, 0.05) is 0 Å². The molecule has 150 valence electrons. The quantitative estimate of drug-likeness (QED) is 0.341. The van der Waals surface area contributed by atoms with Crippen LogP contribution in [0.15, 0.2) is 85.0 Å². The van der Waals surface area contributed by atoms with Gasteiger partial charge in [-0.2, -0.15) is 0 Å². The number of hydrogen-bond donors (Lipinski definition) is 0. The minimum atomic E-state index is 0.0742. The van der Waals surface area contributed by atoms with Crippen LogP contribution in [0.3, 0.4) is 0 Å². The molecule has 0 bridgehead atoms. The molecule has 0 saturated heterocycles. The van der Waals surface area contributed by atoms with Gasteiger partial charge in [-0.15, -0.1) is 0 Å². The molecule has 2 aliphatic rings. The lowest BCUT2D eigenvalue weighted by Crippen LogP contribution is -2.30. The summed E-state index contributed by atoms with van der Waals surface area (Å²) in [5.74, 6) is 2.99. The van der Waals surface area contributed by atoms with Crippen LogP contribution >= 0.6 is 0 Å². The van der Waals surface area contributed by atoms with Crippen molar-refractivity contribution in [3.8, 4) is 34.1 Å². The summed E-state index contributed by atoms with van der Waals surface area (Å²) < 4.78 is 12.4. The molecule has 0 radical (unpaired) electrons. The van der Waals surface area contributed by atoms with Crippen LogP contribution in [0.1, 0.15) is 33.3 Å². The first kappa shape index (κ1) is 18.7. The zero-order valence-electron chi connectivity index (χ0n) is 17.9. The average Bonchev–Trinajstić information content (AvgIpc) is 2.74. The lowest BCUT2D eigenvalue weighted by molar-refractivity contribution is 0.230. The molecule has 1 aliphatic heterocycles. The van der Waals surface area contributed by atoms with Crippen LogP contribution in [0.25, 0.3) is 16.7 Å². The lowest BCUT2D eigenvalue weighted by Gasteiger charge is -2.40. The van der Waals surface area contributed by atoms with Crippen molar-refractivity contribution in [3.05, 3.63) is 90.5 Å². The molecular weight excluding hydrogens is 368 g/mol. The molecule has 0 saturated carbocycles. The van der Waals surface area contributed by atoms with E-state index in [0.717, 1.165) is 39.7 Å². The molecule has 3 aromatic rings. The maximum atomic E-state index is 6.22. The Hall–Kier alpha value is -3.26. The normalized spacial score (nSPS) is 17.8. The molecule has 0 atom stereocenters. The first-order chi connectivity index (χ1) is 14.3. The third-order valence-corrected chi connectivity index (χ3v) is 6.62. The molecule has 1 aliphatic carbocycles. The van der Waals surface area contributed by atoms with Crippen molar-refractivity contribution in [2.24, 2.45) is 10.8 Å². The van der Waals surface area contributed by atoms with Gasteiger partial charge in [-0.3, -0.25) is 0 Å². The summed E-state index contributed by atoms with van der Waals surface area (Å²) in [5.41, 5.74) is 4.83. The van der Waals surface area contributed by atoms with E-state index in [2.05, 4.69) is 76.3 Å². The highest BCUT2D eigenvalue weighted by Crippen LogP contribution is 2.49. The van der Waals surface area contributed by atoms with E-state index in [-0.39, 0.29) is 10.8 Å². The van der Waals surface area contributed by atoms with Crippen molar-refractivity contribution >= 4 is 5.57 Å². The molecule has 0 unspecified atom stereocenters. The highest BCUT2D eigenvalue weighted by molar-refractivity contribution is 5.78. The summed E-state index contributed by atoms with van der Waals surface area (Å²) in [5, 5.41) is 0. The topological polar surface area (TPSA) is 18.5 Å². The highest BCUT2D eigenvalue weighted by atomic mass is 16.6. The third kappa shape index (κ3) is 3.13. The average molecular weight is 395 g/mol. The van der Waals surface area contributed by atoms with Crippen molar-refractivity contribution in [2.45, 2.75) is 27.7 Å². The fourth-order valence-electron chi connectivity index (χ4n) is 3.89. The molecule has 2 heteroatoms. The number of fused-ring (bicyclic) bond motifs is 2. The Balaban J connectivity index is 1.46. The van der Waals surface area contributed by atoms with Gasteiger partial charge in [0.05, 0.1) is 0 Å². The van der Waals surface area contributed by atoms with Gasteiger partial charge in [0.15, 0.2) is 23.0 Å². The van der Waals surface area contributed by atoms with E-state index in [4.69, 9.17) is 9.47 Å². The Bertz CT molecular complexity index is 1180. The van der Waals surface area contributed by atoms with Gasteiger partial charge in [-0.1, -0.05) is 88.4 Å². The van der Waals surface area contributed by atoms with Crippen LogP contribution in [0.5, 0.6) is 23.0 Å². The first-order valence-corrected chi connectivity index (χ1v) is 10.4. The molecule has 0 spiro atoms. The van der Waals surface area contributed by atoms with E-state index >= 15 is 0 Å². The molecule has 0 fully saturated rings.